The second-order valence-corrected chi connectivity index (χ2v) is 7.41. The molecule has 0 aliphatic carbocycles. The predicted octanol–water partition coefficient (Wildman–Crippen LogP) is 1.74. The third-order valence-corrected chi connectivity index (χ3v) is 5.88. The highest BCUT2D eigenvalue weighted by atomic mass is 32.2. The quantitative estimate of drug-likeness (QED) is 0.779. The molecule has 3 rings (SSSR count). The zero-order valence-corrected chi connectivity index (χ0v) is 12.9. The molecule has 4 nitrogen and oxygen atoms in total. The molecule has 0 saturated carbocycles. The molecular formula is C15H24N2O2S. The van der Waals surface area contributed by atoms with Gasteiger partial charge in [0.05, 0.1) is 0 Å². The first-order chi connectivity index (χ1) is 9.75. The van der Waals surface area contributed by atoms with Gasteiger partial charge in [-0.1, -0.05) is 0 Å². The van der Waals surface area contributed by atoms with Gasteiger partial charge in [0.2, 0.25) is 11.8 Å². The van der Waals surface area contributed by atoms with Crippen LogP contribution in [-0.2, 0) is 9.59 Å². The van der Waals surface area contributed by atoms with Gasteiger partial charge < -0.3 is 9.80 Å². The number of fused-ring (bicyclic) bond motifs is 1. The molecule has 3 saturated heterocycles. The number of rotatable bonds is 2. The molecule has 0 bridgehead atoms. The minimum absolute atomic E-state index is 0.156. The third-order valence-electron chi connectivity index (χ3n) is 4.83. The van der Waals surface area contributed by atoms with Crippen molar-refractivity contribution in [1.29, 1.82) is 0 Å². The fourth-order valence-electron chi connectivity index (χ4n) is 3.60. The van der Waals surface area contributed by atoms with Crippen molar-refractivity contribution in [2.24, 2.45) is 5.92 Å². The summed E-state index contributed by atoms with van der Waals surface area (Å²) >= 11 is 2.02. The Kier molecular flexibility index (Phi) is 4.54. The molecule has 112 valence electrons. The molecule has 3 aliphatic rings. The smallest absolute Gasteiger partial charge is 0.245 e. The molecule has 3 heterocycles. The largest absolute Gasteiger partial charge is 0.340 e. The van der Waals surface area contributed by atoms with Crippen molar-refractivity contribution in [3.05, 3.63) is 0 Å². The zero-order valence-electron chi connectivity index (χ0n) is 12.1. The van der Waals surface area contributed by atoms with Gasteiger partial charge >= 0.3 is 0 Å². The molecule has 0 spiro atoms. The average molecular weight is 296 g/mol. The Balaban J connectivity index is 1.68. The van der Waals surface area contributed by atoms with Crippen LogP contribution in [0.25, 0.3) is 0 Å². The lowest BCUT2D eigenvalue weighted by Crippen LogP contribution is -2.50. The van der Waals surface area contributed by atoms with E-state index in [1.807, 2.05) is 21.6 Å². The summed E-state index contributed by atoms with van der Waals surface area (Å²) in [4.78, 5) is 28.7. The van der Waals surface area contributed by atoms with Crippen LogP contribution >= 0.6 is 11.8 Å². The summed E-state index contributed by atoms with van der Waals surface area (Å²) in [5, 5.41) is 0. The summed E-state index contributed by atoms with van der Waals surface area (Å²) < 4.78 is 0. The Morgan fingerprint density at radius 2 is 1.85 bits per heavy atom. The number of hydrogen-bond acceptors (Lipinski definition) is 3. The first-order valence-electron chi connectivity index (χ1n) is 7.91. The lowest BCUT2D eigenvalue weighted by Gasteiger charge is -2.35. The normalized spacial score (nSPS) is 29.3. The number of carbonyl (C=O) groups is 2. The fourth-order valence-corrected chi connectivity index (χ4v) is 4.81. The van der Waals surface area contributed by atoms with Gasteiger partial charge in [-0.25, -0.2) is 0 Å². The van der Waals surface area contributed by atoms with E-state index in [4.69, 9.17) is 0 Å². The van der Waals surface area contributed by atoms with Crippen LogP contribution in [0.5, 0.6) is 0 Å². The van der Waals surface area contributed by atoms with Crippen LogP contribution in [0.2, 0.25) is 0 Å². The van der Waals surface area contributed by atoms with Crippen LogP contribution in [0.4, 0.5) is 0 Å². The van der Waals surface area contributed by atoms with Gasteiger partial charge in [-0.2, -0.15) is 11.8 Å². The van der Waals surface area contributed by atoms with Crippen molar-refractivity contribution >= 4 is 23.6 Å². The van der Waals surface area contributed by atoms with E-state index >= 15 is 0 Å². The van der Waals surface area contributed by atoms with Crippen molar-refractivity contribution in [3.8, 4) is 0 Å². The molecule has 1 unspecified atom stereocenters. The van der Waals surface area contributed by atoms with Gasteiger partial charge in [-0.05, 0) is 49.5 Å². The number of carbonyl (C=O) groups excluding carboxylic acids is 2. The molecular weight excluding hydrogens is 272 g/mol. The Morgan fingerprint density at radius 1 is 1.05 bits per heavy atom. The van der Waals surface area contributed by atoms with Crippen molar-refractivity contribution in [1.82, 2.24) is 9.80 Å². The second kappa shape index (κ2) is 6.37. The predicted molar refractivity (Wildman–Crippen MR) is 80.6 cm³/mol. The van der Waals surface area contributed by atoms with Crippen molar-refractivity contribution in [2.75, 3.05) is 31.1 Å². The van der Waals surface area contributed by atoms with Crippen molar-refractivity contribution in [2.45, 2.75) is 44.6 Å². The maximum Gasteiger partial charge on any atom is 0.245 e. The molecule has 5 heteroatoms. The summed E-state index contributed by atoms with van der Waals surface area (Å²) in [7, 11) is 0. The lowest BCUT2D eigenvalue weighted by atomic mass is 9.99. The van der Waals surface area contributed by atoms with E-state index in [-0.39, 0.29) is 17.9 Å². The molecule has 2 amide bonds. The van der Waals surface area contributed by atoms with Crippen LogP contribution in [0.15, 0.2) is 0 Å². The molecule has 0 radical (unpaired) electrons. The van der Waals surface area contributed by atoms with Gasteiger partial charge in [-0.3, -0.25) is 9.59 Å². The number of piperidine rings is 1. The molecule has 0 aromatic carbocycles. The molecule has 0 N–H and O–H groups in total. The van der Waals surface area contributed by atoms with E-state index in [2.05, 4.69) is 0 Å². The summed E-state index contributed by atoms with van der Waals surface area (Å²) in [6, 6.07) is -0.156. The highest BCUT2D eigenvalue weighted by Crippen LogP contribution is 2.27. The van der Waals surface area contributed by atoms with Gasteiger partial charge in [0.1, 0.15) is 6.04 Å². The van der Waals surface area contributed by atoms with E-state index in [9.17, 15) is 9.59 Å². The Morgan fingerprint density at radius 3 is 2.65 bits per heavy atom. The summed E-state index contributed by atoms with van der Waals surface area (Å²) in [6.07, 6.45) is 5.95. The van der Waals surface area contributed by atoms with Gasteiger partial charge in [0.15, 0.2) is 0 Å². The van der Waals surface area contributed by atoms with Crippen LogP contribution in [-0.4, -0.2) is 58.8 Å². The van der Waals surface area contributed by atoms with E-state index in [0.717, 1.165) is 32.4 Å². The molecule has 3 fully saturated rings. The van der Waals surface area contributed by atoms with Crippen LogP contribution in [0.1, 0.15) is 38.5 Å². The highest BCUT2D eigenvalue weighted by Gasteiger charge is 2.38. The Bertz CT molecular complexity index is 382. The summed E-state index contributed by atoms with van der Waals surface area (Å²) in [5.74, 6) is 3.49. The second-order valence-electron chi connectivity index (χ2n) is 6.19. The maximum atomic E-state index is 12.7. The monoisotopic (exact) mass is 296 g/mol. The number of nitrogens with zero attached hydrogens (tertiary/aromatic N) is 2. The van der Waals surface area contributed by atoms with Crippen molar-refractivity contribution < 1.29 is 9.59 Å². The van der Waals surface area contributed by atoms with E-state index in [1.165, 1.54) is 24.3 Å². The number of amides is 2. The van der Waals surface area contributed by atoms with Gasteiger partial charge in [0, 0.05) is 26.1 Å². The third kappa shape index (κ3) is 2.97. The Hall–Kier alpha value is -0.710. The highest BCUT2D eigenvalue weighted by molar-refractivity contribution is 7.99. The number of hydrogen-bond donors (Lipinski definition) is 0. The standard InChI is InChI=1S/C15H24N2O2S/c18-14-4-8-16(11-12-5-9-20-10-6-12)15(19)13-3-1-2-7-17(13)14/h12-13H,1-11H2. The fraction of sp³-hybridized carbons (Fsp3) is 0.867. The van der Waals surface area contributed by atoms with Crippen molar-refractivity contribution in [3.63, 3.8) is 0 Å². The van der Waals surface area contributed by atoms with E-state index in [0.29, 0.717) is 18.9 Å². The summed E-state index contributed by atoms with van der Waals surface area (Å²) in [6.45, 7) is 2.29. The van der Waals surface area contributed by atoms with E-state index in [1.54, 1.807) is 0 Å². The molecule has 20 heavy (non-hydrogen) atoms. The topological polar surface area (TPSA) is 40.6 Å². The van der Waals surface area contributed by atoms with Gasteiger partial charge in [0.25, 0.3) is 0 Å². The Labute approximate surface area is 125 Å². The SMILES string of the molecule is O=C1C2CCCCN2C(=O)CCN1CC1CCSCC1. The number of thioether (sulfide) groups is 1. The lowest BCUT2D eigenvalue weighted by molar-refractivity contribution is -0.143. The average Bonchev–Trinajstić information content (AvgIpc) is 2.61. The first-order valence-corrected chi connectivity index (χ1v) is 9.07. The molecule has 3 aliphatic heterocycles. The minimum atomic E-state index is -0.156. The molecule has 0 aromatic heterocycles. The van der Waals surface area contributed by atoms with Crippen LogP contribution < -0.4 is 0 Å². The van der Waals surface area contributed by atoms with Gasteiger partial charge in [-0.15, -0.1) is 0 Å². The van der Waals surface area contributed by atoms with Crippen LogP contribution in [0.3, 0.4) is 0 Å². The minimum Gasteiger partial charge on any atom is -0.340 e. The summed E-state index contributed by atoms with van der Waals surface area (Å²) in [5.41, 5.74) is 0. The van der Waals surface area contributed by atoms with Crippen LogP contribution in [0, 0.1) is 5.92 Å². The zero-order chi connectivity index (χ0) is 13.9. The molecule has 1 atom stereocenters. The maximum absolute atomic E-state index is 12.7. The first kappa shape index (κ1) is 14.2. The molecule has 0 aromatic rings. The van der Waals surface area contributed by atoms with E-state index < -0.39 is 0 Å².